The van der Waals surface area contributed by atoms with Crippen molar-refractivity contribution in [3.8, 4) is 0 Å². The fraction of sp³-hybridized carbons (Fsp3) is 0.382. The van der Waals surface area contributed by atoms with E-state index in [1.807, 2.05) is 23.2 Å². The number of pyridine rings is 1. The molecule has 1 saturated heterocycles. The van der Waals surface area contributed by atoms with E-state index in [2.05, 4.69) is 95.8 Å². The number of hydrogen-bond donors (Lipinski definition) is 2. The molecule has 232 valence electrons. The van der Waals surface area contributed by atoms with Crippen LogP contribution in [0.1, 0.15) is 57.4 Å². The third-order valence-electron chi connectivity index (χ3n) is 7.25. The lowest BCUT2D eigenvalue weighted by molar-refractivity contribution is 0.0677. The van der Waals surface area contributed by atoms with Gasteiger partial charge in [-0.3, -0.25) is 9.98 Å². The molecule has 0 spiro atoms. The summed E-state index contributed by atoms with van der Waals surface area (Å²) in [5.41, 5.74) is 9.81. The number of guanidine groups is 1. The number of morpholine rings is 1. The van der Waals surface area contributed by atoms with Crippen LogP contribution in [0.15, 0.2) is 92.4 Å². The lowest BCUT2D eigenvalue weighted by atomic mass is 9.92. The number of hydrazone groups is 1. The lowest BCUT2D eigenvalue weighted by Crippen LogP contribution is -2.41. The van der Waals surface area contributed by atoms with Gasteiger partial charge in [-0.05, 0) is 75.1 Å². The number of aryl methyl sites for hydroxylation is 1. The number of hydrogen-bond acceptors (Lipinski definition) is 9. The van der Waals surface area contributed by atoms with Crippen LogP contribution in [-0.4, -0.2) is 66.5 Å². The highest BCUT2D eigenvalue weighted by atomic mass is 19.1. The molecule has 10 heteroatoms. The number of aromatic nitrogens is 1. The molecule has 0 amide bonds. The van der Waals surface area contributed by atoms with Crippen molar-refractivity contribution in [1.29, 1.82) is 0 Å². The molecule has 4 rings (SSSR count). The van der Waals surface area contributed by atoms with Crippen LogP contribution < -0.4 is 10.7 Å². The molecule has 9 nitrogen and oxygen atoms in total. The summed E-state index contributed by atoms with van der Waals surface area (Å²) in [5.74, 6) is 0.318. The zero-order valence-electron chi connectivity index (χ0n) is 26.3. The SMILES string of the molecule is C/C=C\C(CC)C(=NC=C(C)CC)c1cc(C)cc(Nc2ccc(/C=N/NC3=NCC=C(F)C(N4CCOCC4)=N3)nc2)c1. The number of aliphatic imine (C=N–C) groups is 3. The van der Waals surface area contributed by atoms with Crippen molar-refractivity contribution >= 4 is 35.1 Å². The van der Waals surface area contributed by atoms with E-state index >= 15 is 0 Å². The van der Waals surface area contributed by atoms with Crippen molar-refractivity contribution in [3.05, 3.63) is 89.2 Å². The average Bonchev–Trinajstić information content (AvgIpc) is 3.22. The van der Waals surface area contributed by atoms with Crippen LogP contribution in [0.5, 0.6) is 0 Å². The van der Waals surface area contributed by atoms with Gasteiger partial charge in [-0.2, -0.15) is 10.1 Å². The van der Waals surface area contributed by atoms with Gasteiger partial charge >= 0.3 is 0 Å². The summed E-state index contributed by atoms with van der Waals surface area (Å²) in [6.07, 6.45) is 13.0. The van der Waals surface area contributed by atoms with Crippen molar-refractivity contribution in [1.82, 2.24) is 15.3 Å². The van der Waals surface area contributed by atoms with Gasteiger partial charge in [-0.15, -0.1) is 0 Å². The molecule has 0 bridgehead atoms. The van der Waals surface area contributed by atoms with Gasteiger partial charge in [0, 0.05) is 30.9 Å². The summed E-state index contributed by atoms with van der Waals surface area (Å²) in [7, 11) is 0. The standard InChI is InChI=1S/C34H43FN8O/c1-6-9-26(8-3)32(38-21-24(4)7-2)27-18-25(5)19-30(20-27)40-29-11-10-28(37-22-29)23-39-42-34-36-13-12-31(35)33(41-34)43-14-16-44-17-15-43/h6,9-12,18-23,26,40H,7-8,13-17H2,1-5H3,(H,36,42)/b9-6-,24-21?,38-32?,39-23+. The maximum absolute atomic E-state index is 14.6. The minimum absolute atomic E-state index is 0.178. The molecule has 1 fully saturated rings. The fourth-order valence-corrected chi connectivity index (χ4v) is 4.74. The average molecular weight is 599 g/mol. The second-order valence-corrected chi connectivity index (χ2v) is 10.7. The van der Waals surface area contributed by atoms with Crippen LogP contribution in [0.3, 0.4) is 0 Å². The Morgan fingerprint density at radius 1 is 1.16 bits per heavy atom. The molecule has 0 aliphatic carbocycles. The van der Waals surface area contributed by atoms with Gasteiger partial charge < -0.3 is 15.0 Å². The summed E-state index contributed by atoms with van der Waals surface area (Å²) < 4.78 is 19.9. The summed E-state index contributed by atoms with van der Waals surface area (Å²) in [6, 6.07) is 10.3. The van der Waals surface area contributed by atoms with Crippen molar-refractivity contribution in [2.75, 3.05) is 38.2 Å². The number of halogens is 1. The quantitative estimate of drug-likeness (QED) is 0.180. The summed E-state index contributed by atoms with van der Waals surface area (Å²) in [6.45, 7) is 13.0. The third-order valence-corrected chi connectivity index (χ3v) is 7.25. The predicted molar refractivity (Wildman–Crippen MR) is 180 cm³/mol. The highest BCUT2D eigenvalue weighted by Gasteiger charge is 2.21. The Bertz CT molecular complexity index is 1480. The van der Waals surface area contributed by atoms with Crippen LogP contribution in [0.2, 0.25) is 0 Å². The molecule has 3 heterocycles. The van der Waals surface area contributed by atoms with Gasteiger partial charge in [0.05, 0.1) is 49.3 Å². The summed E-state index contributed by atoms with van der Waals surface area (Å²) in [5, 5.41) is 7.72. The molecule has 1 unspecified atom stereocenters. The molecular formula is C34H43FN8O. The van der Waals surface area contributed by atoms with E-state index < -0.39 is 5.83 Å². The van der Waals surface area contributed by atoms with Crippen molar-refractivity contribution in [2.24, 2.45) is 26.0 Å². The molecule has 1 atom stereocenters. The van der Waals surface area contributed by atoms with Crippen LogP contribution in [0, 0.1) is 12.8 Å². The van der Waals surface area contributed by atoms with Gasteiger partial charge in [-0.25, -0.2) is 14.8 Å². The highest BCUT2D eigenvalue weighted by Crippen LogP contribution is 2.24. The second-order valence-electron chi connectivity index (χ2n) is 10.7. The Labute approximate surface area is 260 Å². The van der Waals surface area contributed by atoms with Gasteiger partial charge in [0.2, 0.25) is 5.96 Å². The number of nitrogens with one attached hydrogen (secondary N) is 2. The Morgan fingerprint density at radius 2 is 1.98 bits per heavy atom. The summed E-state index contributed by atoms with van der Waals surface area (Å²) >= 11 is 0. The molecule has 2 aliphatic heterocycles. The highest BCUT2D eigenvalue weighted by molar-refractivity contribution is 6.05. The minimum Gasteiger partial charge on any atom is -0.378 e. The topological polar surface area (TPSA) is 98.9 Å². The zero-order valence-corrected chi connectivity index (χ0v) is 26.3. The molecule has 1 aromatic carbocycles. The van der Waals surface area contributed by atoms with Crippen LogP contribution in [0.4, 0.5) is 15.8 Å². The smallest absolute Gasteiger partial charge is 0.241 e. The fourth-order valence-electron chi connectivity index (χ4n) is 4.74. The van der Waals surface area contributed by atoms with E-state index in [1.54, 1.807) is 12.4 Å². The monoisotopic (exact) mass is 598 g/mol. The van der Waals surface area contributed by atoms with E-state index in [0.29, 0.717) is 32.0 Å². The number of anilines is 2. The molecule has 0 radical (unpaired) electrons. The van der Waals surface area contributed by atoms with Gasteiger partial charge in [0.1, 0.15) is 0 Å². The molecule has 2 aliphatic rings. The van der Waals surface area contributed by atoms with E-state index in [4.69, 9.17) is 9.73 Å². The molecule has 2 N–H and O–H groups in total. The first-order valence-electron chi connectivity index (χ1n) is 15.2. The number of nitrogens with zero attached hydrogens (tertiary/aromatic N) is 6. The molecular weight excluding hydrogens is 555 g/mol. The van der Waals surface area contributed by atoms with Crippen molar-refractivity contribution < 1.29 is 9.13 Å². The van der Waals surface area contributed by atoms with E-state index in [0.717, 1.165) is 41.1 Å². The maximum Gasteiger partial charge on any atom is 0.241 e. The van der Waals surface area contributed by atoms with Crippen LogP contribution >= 0.6 is 0 Å². The number of benzene rings is 1. The maximum atomic E-state index is 14.6. The first-order chi connectivity index (χ1) is 21.4. The summed E-state index contributed by atoms with van der Waals surface area (Å²) in [4.78, 5) is 20.0. The van der Waals surface area contributed by atoms with E-state index in [1.165, 1.54) is 11.6 Å². The van der Waals surface area contributed by atoms with Gasteiger partial charge in [0.15, 0.2) is 11.7 Å². The lowest BCUT2D eigenvalue weighted by Gasteiger charge is -2.28. The van der Waals surface area contributed by atoms with Gasteiger partial charge in [0.25, 0.3) is 0 Å². The van der Waals surface area contributed by atoms with Crippen molar-refractivity contribution in [3.63, 3.8) is 0 Å². The Balaban J connectivity index is 1.45. The Kier molecular flexibility index (Phi) is 12.1. The second kappa shape index (κ2) is 16.4. The first kappa shape index (κ1) is 32.5. The van der Waals surface area contributed by atoms with Crippen LogP contribution in [0.25, 0.3) is 0 Å². The Hall–Kier alpha value is -4.44. The Morgan fingerprint density at radius 3 is 2.68 bits per heavy atom. The molecule has 2 aromatic rings. The molecule has 0 saturated carbocycles. The van der Waals surface area contributed by atoms with E-state index in [9.17, 15) is 4.39 Å². The van der Waals surface area contributed by atoms with Gasteiger partial charge in [-0.1, -0.05) is 37.6 Å². The van der Waals surface area contributed by atoms with Crippen LogP contribution in [-0.2, 0) is 4.74 Å². The molecule has 44 heavy (non-hydrogen) atoms. The normalized spacial score (nSPS) is 17.3. The third kappa shape index (κ3) is 9.28. The number of rotatable bonds is 10. The molecule has 1 aromatic heterocycles. The number of amidine groups is 1. The predicted octanol–water partition coefficient (Wildman–Crippen LogP) is 6.72. The minimum atomic E-state index is -0.392. The number of ether oxygens (including phenoxy) is 1. The zero-order chi connectivity index (χ0) is 31.3. The first-order valence-corrected chi connectivity index (χ1v) is 15.2. The van der Waals surface area contributed by atoms with E-state index in [-0.39, 0.29) is 24.3 Å². The van der Waals surface area contributed by atoms with Crippen molar-refractivity contribution in [2.45, 2.75) is 47.5 Å². The number of allylic oxidation sites excluding steroid dienone is 3. The largest absolute Gasteiger partial charge is 0.378 e.